The lowest BCUT2D eigenvalue weighted by Crippen LogP contribution is -3.11. The van der Waals surface area contributed by atoms with Gasteiger partial charge in [-0.3, -0.25) is 0 Å². The summed E-state index contributed by atoms with van der Waals surface area (Å²) < 4.78 is 4.20. The third-order valence-corrected chi connectivity index (χ3v) is 2.39. The molecule has 14 heavy (non-hydrogen) atoms. The predicted molar refractivity (Wildman–Crippen MR) is 55.7 cm³/mol. The fourth-order valence-corrected chi connectivity index (χ4v) is 1.27. The van der Waals surface area contributed by atoms with Crippen molar-refractivity contribution < 1.29 is 19.2 Å². The maximum atomic E-state index is 9.62. The standard InChI is InChI=1S/C6H15N.C3H7O3P/c1-4-7(5-2)6-3;1-3(2)6-7(4)5/h4-6H2,1-3H3;3H,1-2H3/q;-2/p+1. The lowest BCUT2D eigenvalue weighted by atomic mass is 10.5. The van der Waals surface area contributed by atoms with Crippen LogP contribution < -0.4 is 14.7 Å². The van der Waals surface area contributed by atoms with Crippen molar-refractivity contribution in [3.05, 3.63) is 0 Å². The summed E-state index contributed by atoms with van der Waals surface area (Å²) in [7, 11) is -2.64. The van der Waals surface area contributed by atoms with Crippen molar-refractivity contribution in [1.29, 1.82) is 0 Å². The summed E-state index contributed by atoms with van der Waals surface area (Å²) in [5.74, 6) is 0. The molecule has 0 aromatic rings. The molecule has 0 aliphatic carbocycles. The topological polar surface area (TPSA) is 59.8 Å². The lowest BCUT2D eigenvalue weighted by molar-refractivity contribution is -0.894. The molecular formula is C9H23NO3P-. The Morgan fingerprint density at radius 3 is 1.43 bits per heavy atom. The molecule has 4 nitrogen and oxygen atoms in total. The van der Waals surface area contributed by atoms with Crippen molar-refractivity contribution in [3.63, 3.8) is 0 Å². The molecule has 5 heteroatoms. The molecule has 0 bridgehead atoms. The third-order valence-electron chi connectivity index (χ3n) is 1.80. The summed E-state index contributed by atoms with van der Waals surface area (Å²) in [6.07, 6.45) is -0.221. The van der Waals surface area contributed by atoms with Crippen LogP contribution in [0, 0.1) is 0 Å². The summed E-state index contributed by atoms with van der Waals surface area (Å²) in [6.45, 7) is 13.8. The van der Waals surface area contributed by atoms with E-state index < -0.39 is 8.60 Å². The van der Waals surface area contributed by atoms with Gasteiger partial charge in [0, 0.05) is 0 Å². The van der Waals surface area contributed by atoms with Gasteiger partial charge in [0.25, 0.3) is 0 Å². The van der Waals surface area contributed by atoms with E-state index >= 15 is 0 Å². The van der Waals surface area contributed by atoms with Gasteiger partial charge in [0.2, 0.25) is 0 Å². The first-order chi connectivity index (χ1) is 6.47. The first-order valence-electron chi connectivity index (χ1n) is 5.12. The zero-order valence-electron chi connectivity index (χ0n) is 9.87. The summed E-state index contributed by atoms with van der Waals surface area (Å²) >= 11 is 0. The van der Waals surface area contributed by atoms with E-state index in [0.717, 1.165) is 0 Å². The van der Waals surface area contributed by atoms with Gasteiger partial charge in [0.05, 0.1) is 25.7 Å². The first-order valence-corrected chi connectivity index (χ1v) is 6.22. The van der Waals surface area contributed by atoms with Gasteiger partial charge in [0.1, 0.15) is 0 Å². The molecule has 0 saturated carbocycles. The van der Waals surface area contributed by atoms with Gasteiger partial charge < -0.3 is 19.2 Å². The van der Waals surface area contributed by atoms with E-state index in [2.05, 4.69) is 25.3 Å². The highest BCUT2D eigenvalue weighted by Crippen LogP contribution is 2.15. The summed E-state index contributed by atoms with van der Waals surface area (Å²) in [4.78, 5) is 20.9. The highest BCUT2D eigenvalue weighted by atomic mass is 31.2. The highest BCUT2D eigenvalue weighted by molar-refractivity contribution is 7.36. The fourth-order valence-electron chi connectivity index (χ4n) is 0.922. The molecule has 0 atom stereocenters. The van der Waals surface area contributed by atoms with E-state index in [-0.39, 0.29) is 6.10 Å². The first kappa shape index (κ1) is 16.7. The van der Waals surface area contributed by atoms with Crippen LogP contribution in [-0.2, 0) is 4.52 Å². The minimum Gasteiger partial charge on any atom is -0.820 e. The van der Waals surface area contributed by atoms with Gasteiger partial charge in [-0.25, -0.2) is 0 Å². The second-order valence-corrected chi connectivity index (χ2v) is 3.85. The van der Waals surface area contributed by atoms with Crippen LogP contribution in [0.3, 0.4) is 0 Å². The maximum Gasteiger partial charge on any atom is 0.0742 e. The van der Waals surface area contributed by atoms with Crippen LogP contribution in [0.2, 0.25) is 0 Å². The van der Waals surface area contributed by atoms with Crippen molar-refractivity contribution in [3.8, 4) is 0 Å². The Morgan fingerprint density at radius 2 is 1.43 bits per heavy atom. The van der Waals surface area contributed by atoms with Crippen molar-refractivity contribution in [2.24, 2.45) is 0 Å². The van der Waals surface area contributed by atoms with Crippen molar-refractivity contribution in [2.45, 2.75) is 40.7 Å². The highest BCUT2D eigenvalue weighted by Gasteiger charge is 1.92. The second-order valence-electron chi connectivity index (χ2n) is 3.19. The number of rotatable bonds is 5. The third kappa shape index (κ3) is 14.8. The molecule has 0 amide bonds. The molecule has 0 aliphatic heterocycles. The van der Waals surface area contributed by atoms with Crippen molar-refractivity contribution in [2.75, 3.05) is 19.6 Å². The van der Waals surface area contributed by atoms with Crippen molar-refractivity contribution in [1.82, 2.24) is 0 Å². The summed E-state index contributed by atoms with van der Waals surface area (Å²) in [5, 5.41) is 0. The molecule has 0 spiro atoms. The molecule has 1 N–H and O–H groups in total. The molecule has 0 radical (unpaired) electrons. The summed E-state index contributed by atoms with van der Waals surface area (Å²) in [6, 6.07) is 0. The minimum atomic E-state index is -2.64. The van der Waals surface area contributed by atoms with Crippen LogP contribution in [0.5, 0.6) is 0 Å². The quantitative estimate of drug-likeness (QED) is 0.628. The molecule has 0 aromatic carbocycles. The van der Waals surface area contributed by atoms with Gasteiger partial charge in [-0.15, -0.1) is 0 Å². The van der Waals surface area contributed by atoms with Gasteiger partial charge in [-0.05, 0) is 34.6 Å². The van der Waals surface area contributed by atoms with Gasteiger partial charge in [-0.2, -0.15) is 8.60 Å². The number of quaternary nitrogens is 1. The van der Waals surface area contributed by atoms with Crippen LogP contribution in [0.25, 0.3) is 0 Å². The molecule has 0 aliphatic rings. The smallest absolute Gasteiger partial charge is 0.0742 e. The zero-order valence-corrected chi connectivity index (χ0v) is 10.8. The van der Waals surface area contributed by atoms with Gasteiger partial charge in [-0.1, -0.05) is 0 Å². The second kappa shape index (κ2) is 11.3. The molecule has 0 rings (SSSR count). The largest absolute Gasteiger partial charge is 0.820 e. The number of hydrogen-bond acceptors (Lipinski definition) is 3. The van der Waals surface area contributed by atoms with Crippen LogP contribution in [0.4, 0.5) is 0 Å². The molecular weight excluding hydrogens is 201 g/mol. The van der Waals surface area contributed by atoms with E-state index in [1.807, 2.05) is 0 Å². The number of nitrogens with one attached hydrogen (secondary N) is 1. The molecule has 0 saturated heterocycles. The van der Waals surface area contributed by atoms with Gasteiger partial charge >= 0.3 is 0 Å². The maximum absolute atomic E-state index is 9.62. The van der Waals surface area contributed by atoms with E-state index in [1.165, 1.54) is 19.6 Å². The van der Waals surface area contributed by atoms with E-state index in [9.17, 15) is 9.79 Å². The van der Waals surface area contributed by atoms with E-state index in [1.54, 1.807) is 18.7 Å². The Kier molecular flexibility index (Phi) is 13.5. The van der Waals surface area contributed by atoms with Crippen LogP contribution >= 0.6 is 8.60 Å². The Labute approximate surface area is 88.9 Å². The molecule has 0 aromatic heterocycles. The van der Waals surface area contributed by atoms with Crippen LogP contribution in [0.15, 0.2) is 0 Å². The molecule has 88 valence electrons. The average Bonchev–Trinajstić information content (AvgIpc) is 2.06. The normalized spacial score (nSPS) is 10.7. The summed E-state index contributed by atoms with van der Waals surface area (Å²) in [5.41, 5.74) is 0. The average molecular weight is 224 g/mol. The van der Waals surface area contributed by atoms with Crippen LogP contribution in [-0.4, -0.2) is 25.7 Å². The van der Waals surface area contributed by atoms with E-state index in [0.29, 0.717) is 0 Å². The van der Waals surface area contributed by atoms with Crippen LogP contribution in [0.1, 0.15) is 34.6 Å². The Hall–Kier alpha value is 0.270. The van der Waals surface area contributed by atoms with Gasteiger partial charge in [0.15, 0.2) is 0 Å². The monoisotopic (exact) mass is 224 g/mol. The Balaban J connectivity index is 0. The predicted octanol–water partition coefficient (Wildman–Crippen LogP) is -0.710. The molecule has 0 fully saturated rings. The molecule has 0 unspecified atom stereocenters. The lowest BCUT2D eigenvalue weighted by Gasteiger charge is -2.31. The zero-order chi connectivity index (χ0) is 11.6. The Bertz CT molecular complexity index is 96.7. The minimum absolute atomic E-state index is 0.221. The SMILES string of the molecule is CC(C)OP([O-])[O-].CC[NH+](CC)CC. The fraction of sp³-hybridized carbons (Fsp3) is 1.00. The molecule has 0 heterocycles. The number of hydrogen-bond donors (Lipinski definition) is 1. The Morgan fingerprint density at radius 1 is 1.07 bits per heavy atom. The van der Waals surface area contributed by atoms with Crippen molar-refractivity contribution >= 4 is 8.60 Å². The van der Waals surface area contributed by atoms with E-state index in [4.69, 9.17) is 0 Å².